The first-order valence-electron chi connectivity index (χ1n) is 13.5. The maximum Gasteiger partial charge on any atom is 0.0668 e. The molecule has 178 valence electrons. The van der Waals surface area contributed by atoms with E-state index in [9.17, 15) is 0 Å². The van der Waals surface area contributed by atoms with Crippen LogP contribution in [0.5, 0.6) is 0 Å². The summed E-state index contributed by atoms with van der Waals surface area (Å²) in [4.78, 5) is 0. The molecule has 1 aliphatic heterocycles. The third-order valence-corrected chi connectivity index (χ3v) is 13.4. The first kappa shape index (κ1) is 23.9. The Morgan fingerprint density at radius 3 is 1.67 bits per heavy atom. The Morgan fingerprint density at radius 2 is 1.15 bits per heavy atom. The summed E-state index contributed by atoms with van der Waals surface area (Å²) >= 11 is 0. The molecule has 33 heavy (non-hydrogen) atoms. The van der Waals surface area contributed by atoms with E-state index in [0.29, 0.717) is 6.04 Å². The second-order valence-corrected chi connectivity index (χ2v) is 14.8. The van der Waals surface area contributed by atoms with Crippen LogP contribution in [0.4, 0.5) is 0 Å². The van der Waals surface area contributed by atoms with Crippen LogP contribution in [0.3, 0.4) is 0 Å². The highest BCUT2D eigenvalue weighted by Crippen LogP contribution is 2.57. The van der Waals surface area contributed by atoms with Gasteiger partial charge >= 0.3 is 0 Å². The van der Waals surface area contributed by atoms with E-state index in [2.05, 4.69) is 65.3 Å². The van der Waals surface area contributed by atoms with E-state index >= 15 is 0 Å². The first-order valence-corrected chi connectivity index (χ1v) is 16.2. The van der Waals surface area contributed by atoms with Gasteiger partial charge in [0.05, 0.1) is 6.61 Å². The molecule has 1 atom stereocenters. The molecule has 0 unspecified atom stereocenters. The smallest absolute Gasteiger partial charge is 0.0668 e. The van der Waals surface area contributed by atoms with Crippen molar-refractivity contribution < 1.29 is 4.52 Å². The van der Waals surface area contributed by atoms with Crippen molar-refractivity contribution >= 4 is 26.8 Å². The Labute approximate surface area is 204 Å². The number of hydrogen-bond acceptors (Lipinski definition) is 2. The molecule has 2 aromatic rings. The highest BCUT2D eigenvalue weighted by atomic mass is 31.1. The van der Waals surface area contributed by atoms with Gasteiger partial charge in [-0.05, 0) is 49.1 Å². The number of benzene rings is 2. The molecular weight excluding hydrogens is 440 g/mol. The fourth-order valence-electron chi connectivity index (χ4n) is 6.19. The third-order valence-electron chi connectivity index (χ3n) is 7.89. The summed E-state index contributed by atoms with van der Waals surface area (Å²) in [5.74, 6) is 0. The Balaban J connectivity index is 1.33. The zero-order chi connectivity index (χ0) is 22.3. The van der Waals surface area contributed by atoms with Crippen LogP contribution in [0, 0.1) is 0 Å². The number of rotatable bonds is 8. The fourth-order valence-corrected chi connectivity index (χ4v) is 12.0. The normalized spacial score (nSPS) is 23.5. The summed E-state index contributed by atoms with van der Waals surface area (Å²) in [5.41, 5.74) is 1.74. The molecule has 2 aliphatic carbocycles. The van der Waals surface area contributed by atoms with Gasteiger partial charge in [-0.2, -0.15) is 0 Å². The highest BCUT2D eigenvalue weighted by molar-refractivity contribution is 7.70. The molecule has 0 N–H and O–H groups in total. The lowest BCUT2D eigenvalue weighted by Crippen LogP contribution is -2.35. The molecule has 1 heterocycles. The van der Waals surface area contributed by atoms with Crippen LogP contribution in [0.1, 0.15) is 77.0 Å². The average Bonchev–Trinajstić information content (AvgIpc) is 3.35. The Hall–Kier alpha value is -0.780. The van der Waals surface area contributed by atoms with E-state index in [1.807, 2.05) is 0 Å². The van der Waals surface area contributed by atoms with Crippen molar-refractivity contribution in [1.82, 2.24) is 4.67 Å². The quantitative estimate of drug-likeness (QED) is 0.360. The van der Waals surface area contributed by atoms with Crippen LogP contribution < -0.4 is 10.6 Å². The zero-order valence-electron chi connectivity index (χ0n) is 20.2. The number of hydrogen-bond donors (Lipinski definition) is 0. The monoisotopic (exact) mass is 481 g/mol. The summed E-state index contributed by atoms with van der Waals surface area (Å²) in [6.07, 6.45) is 16.9. The topological polar surface area (TPSA) is 12.5 Å². The summed E-state index contributed by atoms with van der Waals surface area (Å²) in [5, 5.41) is 2.96. The van der Waals surface area contributed by atoms with Gasteiger partial charge in [-0.25, -0.2) is 0 Å². The van der Waals surface area contributed by atoms with Crippen LogP contribution in [-0.4, -0.2) is 35.2 Å². The van der Waals surface area contributed by atoms with Gasteiger partial charge in [-0.3, -0.25) is 4.67 Å². The van der Waals surface area contributed by atoms with Gasteiger partial charge in [0.1, 0.15) is 0 Å². The van der Waals surface area contributed by atoms with E-state index in [4.69, 9.17) is 4.52 Å². The van der Waals surface area contributed by atoms with E-state index in [1.54, 1.807) is 0 Å². The van der Waals surface area contributed by atoms with Gasteiger partial charge in [0.25, 0.3) is 0 Å². The minimum absolute atomic E-state index is 0.279. The van der Waals surface area contributed by atoms with Crippen molar-refractivity contribution in [3.63, 3.8) is 0 Å². The van der Waals surface area contributed by atoms with E-state index in [1.165, 1.54) is 94.2 Å². The molecule has 5 rings (SSSR count). The minimum atomic E-state index is -0.491. The molecular formula is C29H41NOP2. The molecule has 3 fully saturated rings. The van der Waals surface area contributed by atoms with Crippen molar-refractivity contribution in [3.05, 3.63) is 60.7 Å². The Kier molecular flexibility index (Phi) is 8.90. The maximum atomic E-state index is 7.09. The molecule has 2 aromatic carbocycles. The van der Waals surface area contributed by atoms with Gasteiger partial charge < -0.3 is 4.52 Å². The van der Waals surface area contributed by atoms with Crippen LogP contribution in [0.2, 0.25) is 0 Å². The predicted molar refractivity (Wildman–Crippen MR) is 145 cm³/mol. The molecule has 0 amide bonds. The number of nitrogens with zero attached hydrogens (tertiary/aromatic N) is 1. The summed E-state index contributed by atoms with van der Waals surface area (Å²) in [7, 11) is -0.770. The fraction of sp³-hybridized carbons (Fsp3) is 0.586. The molecule has 0 radical (unpaired) electrons. The van der Waals surface area contributed by atoms with Crippen molar-refractivity contribution in [2.45, 2.75) is 94.4 Å². The van der Waals surface area contributed by atoms with Crippen LogP contribution in [-0.2, 0) is 4.52 Å². The molecule has 2 saturated carbocycles. The third kappa shape index (κ3) is 6.08. The lowest BCUT2D eigenvalue weighted by molar-refractivity contribution is 0.247. The van der Waals surface area contributed by atoms with Gasteiger partial charge in [0.2, 0.25) is 0 Å². The standard InChI is InChI=1S/C29H41NOP2/c1-5-15-26(16-6-1)32(27-17-7-2-8-18-27)30-23-13-14-25(30)24-31-33(28-19-9-3-10-20-28)29-21-11-4-12-22-29/h1-2,5-8,15-18,25,28-29H,3-4,9-14,19-24H2/t25-/m0/s1. The molecule has 4 heteroatoms. The second kappa shape index (κ2) is 12.3. The lowest BCUT2D eigenvalue weighted by atomic mass is 10.00. The first-order chi connectivity index (χ1) is 16.4. The second-order valence-electron chi connectivity index (χ2n) is 10.2. The zero-order valence-corrected chi connectivity index (χ0v) is 21.9. The van der Waals surface area contributed by atoms with Crippen molar-refractivity contribution in [3.8, 4) is 0 Å². The summed E-state index contributed by atoms with van der Waals surface area (Å²) in [6, 6.07) is 23.0. The van der Waals surface area contributed by atoms with E-state index in [-0.39, 0.29) is 8.15 Å². The average molecular weight is 482 g/mol. The molecule has 2 nitrogen and oxygen atoms in total. The van der Waals surface area contributed by atoms with Crippen LogP contribution >= 0.6 is 16.2 Å². The van der Waals surface area contributed by atoms with Crippen LogP contribution in [0.15, 0.2) is 60.7 Å². The molecule has 0 spiro atoms. The van der Waals surface area contributed by atoms with Gasteiger partial charge in [-0.1, -0.05) is 99.2 Å². The SMILES string of the molecule is c1ccc(P(c2ccccc2)N2CCC[C@H]2COP(C2CCCCC2)C2CCCCC2)cc1. The highest BCUT2D eigenvalue weighted by Gasteiger charge is 2.36. The molecule has 1 saturated heterocycles. The summed E-state index contributed by atoms with van der Waals surface area (Å²) in [6.45, 7) is 2.16. The largest absolute Gasteiger partial charge is 0.357 e. The van der Waals surface area contributed by atoms with Crippen molar-refractivity contribution in [2.24, 2.45) is 0 Å². The molecule has 0 bridgehead atoms. The minimum Gasteiger partial charge on any atom is -0.357 e. The van der Waals surface area contributed by atoms with E-state index < -0.39 is 8.07 Å². The lowest BCUT2D eigenvalue weighted by Gasteiger charge is -2.39. The van der Waals surface area contributed by atoms with Crippen LogP contribution in [0.25, 0.3) is 0 Å². The Morgan fingerprint density at radius 1 is 0.636 bits per heavy atom. The molecule has 0 aromatic heterocycles. The van der Waals surface area contributed by atoms with Gasteiger partial charge in [0, 0.05) is 40.1 Å². The summed E-state index contributed by atoms with van der Waals surface area (Å²) < 4.78 is 9.92. The van der Waals surface area contributed by atoms with Crippen molar-refractivity contribution in [1.29, 1.82) is 0 Å². The van der Waals surface area contributed by atoms with Gasteiger partial charge in [-0.15, -0.1) is 0 Å². The predicted octanol–water partition coefficient (Wildman–Crippen LogP) is 7.58. The Bertz CT molecular complexity index is 763. The van der Waals surface area contributed by atoms with Crippen molar-refractivity contribution in [2.75, 3.05) is 13.2 Å². The van der Waals surface area contributed by atoms with E-state index in [0.717, 1.165) is 17.9 Å². The van der Waals surface area contributed by atoms with Gasteiger partial charge in [0.15, 0.2) is 0 Å². The molecule has 3 aliphatic rings. The maximum absolute atomic E-state index is 7.09.